The summed E-state index contributed by atoms with van der Waals surface area (Å²) in [6.07, 6.45) is 2.12. The molecule has 5 rings (SSSR count). The van der Waals surface area contributed by atoms with Crippen LogP contribution in [0.25, 0.3) is 11.3 Å². The summed E-state index contributed by atoms with van der Waals surface area (Å²) < 4.78 is 11.8. The minimum atomic E-state index is -0.961. The lowest BCUT2D eigenvalue weighted by Crippen LogP contribution is -2.00. The van der Waals surface area contributed by atoms with Crippen LogP contribution in [0.15, 0.2) is 71.3 Å². The van der Waals surface area contributed by atoms with Gasteiger partial charge in [-0.1, -0.05) is 46.3 Å². The molecule has 1 heterocycles. The Labute approximate surface area is 212 Å². The van der Waals surface area contributed by atoms with Gasteiger partial charge in [0.25, 0.3) is 0 Å². The molecular formula is C28H19Cl2NO4. The predicted molar refractivity (Wildman–Crippen MR) is 134 cm³/mol. The van der Waals surface area contributed by atoms with Crippen molar-refractivity contribution >= 4 is 29.2 Å². The fourth-order valence-electron chi connectivity index (χ4n) is 3.68. The molecule has 0 amide bonds. The zero-order valence-electron chi connectivity index (χ0n) is 18.4. The van der Waals surface area contributed by atoms with Gasteiger partial charge in [0.05, 0.1) is 21.2 Å². The monoisotopic (exact) mass is 503 g/mol. The Morgan fingerprint density at radius 2 is 1.57 bits per heavy atom. The number of carbonyl (C=O) groups is 1. The zero-order chi connectivity index (χ0) is 24.4. The summed E-state index contributed by atoms with van der Waals surface area (Å²) in [6.45, 7) is 0.271. The van der Waals surface area contributed by atoms with Gasteiger partial charge in [0.2, 0.25) is 0 Å². The highest BCUT2D eigenvalue weighted by molar-refractivity contribution is 6.39. The van der Waals surface area contributed by atoms with Crippen molar-refractivity contribution in [2.75, 3.05) is 0 Å². The van der Waals surface area contributed by atoms with Crippen LogP contribution in [0, 0.1) is 11.8 Å². The minimum Gasteiger partial charge on any atom is -0.489 e. The molecule has 0 aliphatic heterocycles. The van der Waals surface area contributed by atoms with E-state index in [0.717, 1.165) is 35.3 Å². The average molecular weight is 504 g/mol. The minimum absolute atomic E-state index is 0.231. The molecule has 0 atom stereocenters. The van der Waals surface area contributed by atoms with E-state index in [1.54, 1.807) is 30.3 Å². The van der Waals surface area contributed by atoms with Gasteiger partial charge in [-0.25, -0.2) is 4.79 Å². The van der Waals surface area contributed by atoms with E-state index < -0.39 is 5.97 Å². The van der Waals surface area contributed by atoms with Crippen LogP contribution in [0.1, 0.15) is 51.6 Å². The Hall–Kier alpha value is -3.72. The number of carboxylic acids is 1. The van der Waals surface area contributed by atoms with Gasteiger partial charge in [0.1, 0.15) is 23.8 Å². The van der Waals surface area contributed by atoms with E-state index in [0.29, 0.717) is 33.0 Å². The number of carboxylic acid groups (broad SMARTS) is 1. The Morgan fingerprint density at radius 1 is 0.971 bits per heavy atom. The van der Waals surface area contributed by atoms with Gasteiger partial charge >= 0.3 is 5.97 Å². The summed E-state index contributed by atoms with van der Waals surface area (Å²) in [5, 5.41) is 14.3. The Balaban J connectivity index is 1.32. The largest absolute Gasteiger partial charge is 0.489 e. The van der Waals surface area contributed by atoms with Crippen LogP contribution in [0.3, 0.4) is 0 Å². The summed E-state index contributed by atoms with van der Waals surface area (Å²) in [7, 11) is 0. The highest BCUT2D eigenvalue weighted by atomic mass is 35.5. The second kappa shape index (κ2) is 9.87. The van der Waals surface area contributed by atoms with Crippen LogP contribution in [0.2, 0.25) is 10.0 Å². The van der Waals surface area contributed by atoms with Crippen molar-refractivity contribution in [2.24, 2.45) is 0 Å². The molecule has 3 aromatic carbocycles. The van der Waals surface area contributed by atoms with Gasteiger partial charge in [-0.15, -0.1) is 0 Å². The lowest BCUT2D eigenvalue weighted by Gasteiger charge is -2.09. The average Bonchev–Trinajstić information content (AvgIpc) is 3.62. The van der Waals surface area contributed by atoms with Crippen molar-refractivity contribution in [3.8, 4) is 28.8 Å². The van der Waals surface area contributed by atoms with Crippen molar-refractivity contribution in [3.05, 3.63) is 105 Å². The predicted octanol–water partition coefficient (Wildman–Crippen LogP) is 7.20. The summed E-state index contributed by atoms with van der Waals surface area (Å²) in [5.41, 5.74) is 3.89. The van der Waals surface area contributed by atoms with Crippen molar-refractivity contribution in [1.82, 2.24) is 5.16 Å². The molecule has 4 aromatic rings. The van der Waals surface area contributed by atoms with Gasteiger partial charge in [0, 0.05) is 22.6 Å². The molecule has 1 aromatic heterocycles. The maximum absolute atomic E-state index is 11.0. The molecule has 0 bridgehead atoms. The molecular weight excluding hydrogens is 485 g/mol. The van der Waals surface area contributed by atoms with E-state index in [1.165, 1.54) is 12.1 Å². The quantitative estimate of drug-likeness (QED) is 0.281. The Bertz CT molecular complexity index is 1420. The van der Waals surface area contributed by atoms with Crippen LogP contribution in [0.4, 0.5) is 0 Å². The lowest BCUT2D eigenvalue weighted by molar-refractivity contribution is 0.0697. The highest BCUT2D eigenvalue weighted by Gasteiger charge is 2.33. The molecule has 35 heavy (non-hydrogen) atoms. The van der Waals surface area contributed by atoms with E-state index >= 15 is 0 Å². The van der Waals surface area contributed by atoms with Gasteiger partial charge < -0.3 is 14.4 Å². The van der Waals surface area contributed by atoms with Crippen molar-refractivity contribution in [3.63, 3.8) is 0 Å². The van der Waals surface area contributed by atoms with E-state index in [9.17, 15) is 4.79 Å². The second-order valence-electron chi connectivity index (χ2n) is 8.19. The molecule has 1 aliphatic carbocycles. The summed E-state index contributed by atoms with van der Waals surface area (Å²) in [6, 6.07) is 19.2. The summed E-state index contributed by atoms with van der Waals surface area (Å²) in [5.74, 6) is 7.00. The normalized spacial score (nSPS) is 12.6. The number of halogens is 2. The van der Waals surface area contributed by atoms with Gasteiger partial charge in [-0.3, -0.25) is 0 Å². The summed E-state index contributed by atoms with van der Waals surface area (Å²) >= 11 is 12.8. The van der Waals surface area contributed by atoms with E-state index in [4.69, 9.17) is 37.6 Å². The van der Waals surface area contributed by atoms with Crippen molar-refractivity contribution in [2.45, 2.75) is 25.4 Å². The standard InChI is InChI=1S/C28H19Cl2NO4/c29-23-2-1-3-24(30)25(23)26-22(27(35-31-26)19-12-13-19)16-34-21-14-8-18(9-15-21)5-4-17-6-10-20(11-7-17)28(32)33/h1-3,6-11,14-15,19H,12-13,16H2,(H,32,33). The Kier molecular flexibility index (Phi) is 6.50. The maximum Gasteiger partial charge on any atom is 0.335 e. The topological polar surface area (TPSA) is 72.6 Å². The van der Waals surface area contributed by atoms with Crippen LogP contribution < -0.4 is 4.74 Å². The number of aromatic carboxylic acids is 1. The third-order valence-corrected chi connectivity index (χ3v) is 6.32. The smallest absolute Gasteiger partial charge is 0.335 e. The van der Waals surface area contributed by atoms with E-state index in [1.807, 2.05) is 24.3 Å². The lowest BCUT2D eigenvalue weighted by atomic mass is 10.0. The number of rotatable bonds is 6. The van der Waals surface area contributed by atoms with Gasteiger partial charge in [-0.05, 0) is 73.5 Å². The van der Waals surface area contributed by atoms with Crippen LogP contribution in [-0.2, 0) is 6.61 Å². The number of hydrogen-bond acceptors (Lipinski definition) is 4. The SMILES string of the molecule is O=C(O)c1ccc(C#Cc2ccc(OCc3c(-c4c(Cl)cccc4Cl)noc3C3CC3)cc2)cc1. The van der Waals surface area contributed by atoms with Crippen molar-refractivity contribution < 1.29 is 19.2 Å². The molecule has 1 aliphatic rings. The second-order valence-corrected chi connectivity index (χ2v) is 9.00. The van der Waals surface area contributed by atoms with E-state index in [2.05, 4.69) is 17.0 Å². The number of ether oxygens (including phenoxy) is 1. The molecule has 0 spiro atoms. The molecule has 0 unspecified atom stereocenters. The fourth-order valence-corrected chi connectivity index (χ4v) is 4.26. The first-order valence-corrected chi connectivity index (χ1v) is 11.8. The maximum atomic E-state index is 11.0. The number of benzene rings is 3. The number of hydrogen-bond donors (Lipinski definition) is 1. The van der Waals surface area contributed by atoms with E-state index in [-0.39, 0.29) is 12.2 Å². The molecule has 5 nitrogen and oxygen atoms in total. The fraction of sp³-hybridized carbons (Fsp3) is 0.143. The molecule has 0 radical (unpaired) electrons. The first kappa shape index (κ1) is 23.0. The third kappa shape index (κ3) is 5.19. The van der Waals surface area contributed by atoms with Crippen LogP contribution >= 0.6 is 23.2 Å². The Morgan fingerprint density at radius 3 is 2.14 bits per heavy atom. The van der Waals surface area contributed by atoms with Crippen LogP contribution in [-0.4, -0.2) is 16.2 Å². The van der Waals surface area contributed by atoms with Gasteiger partial charge in [0.15, 0.2) is 0 Å². The molecule has 174 valence electrons. The molecule has 1 N–H and O–H groups in total. The molecule has 1 fully saturated rings. The van der Waals surface area contributed by atoms with Crippen LogP contribution in [0.5, 0.6) is 5.75 Å². The van der Waals surface area contributed by atoms with Crippen molar-refractivity contribution in [1.29, 1.82) is 0 Å². The zero-order valence-corrected chi connectivity index (χ0v) is 19.9. The van der Waals surface area contributed by atoms with Gasteiger partial charge in [-0.2, -0.15) is 0 Å². The number of aromatic nitrogens is 1. The molecule has 7 heteroatoms. The first-order chi connectivity index (χ1) is 17.0. The molecule has 0 saturated heterocycles. The first-order valence-electron chi connectivity index (χ1n) is 11.0. The third-order valence-electron chi connectivity index (χ3n) is 5.69. The highest BCUT2D eigenvalue weighted by Crippen LogP contribution is 2.46. The number of nitrogens with zero attached hydrogens (tertiary/aromatic N) is 1. The summed E-state index contributed by atoms with van der Waals surface area (Å²) in [4.78, 5) is 11.0. The molecule has 1 saturated carbocycles.